The summed E-state index contributed by atoms with van der Waals surface area (Å²) in [5, 5.41) is 13.5. The van der Waals surface area contributed by atoms with Gasteiger partial charge in [-0.25, -0.2) is 0 Å². The van der Waals surface area contributed by atoms with E-state index in [0.717, 1.165) is 5.56 Å². The van der Waals surface area contributed by atoms with Crippen LogP contribution in [0.1, 0.15) is 11.1 Å². The summed E-state index contributed by atoms with van der Waals surface area (Å²) in [5.74, 6) is 0.574. The number of oxime groups is 1. The van der Waals surface area contributed by atoms with Crippen molar-refractivity contribution >= 4 is 17.3 Å². The third-order valence-corrected chi connectivity index (χ3v) is 2.99. The van der Waals surface area contributed by atoms with E-state index in [9.17, 15) is 0 Å². The molecule has 2 aromatic rings. The first kappa shape index (κ1) is 14.9. The molecule has 0 bridgehead atoms. The molecule has 106 valence electrons. The minimum Gasteiger partial charge on any atom is -0.488 e. The second-order valence-electron chi connectivity index (χ2n) is 4.15. The molecule has 0 radical (unpaired) electrons. The molecule has 0 N–H and O–H groups in total. The first-order valence-corrected chi connectivity index (χ1v) is 6.60. The zero-order chi connectivity index (χ0) is 15.1. The maximum absolute atomic E-state index is 9.12. The maximum Gasteiger partial charge on any atom is 0.190 e. The molecule has 0 aliphatic carbocycles. The van der Waals surface area contributed by atoms with Crippen LogP contribution in [-0.2, 0) is 11.4 Å². The summed E-state index contributed by atoms with van der Waals surface area (Å²) in [4.78, 5) is 4.68. The molecule has 0 aliphatic rings. The van der Waals surface area contributed by atoms with Crippen molar-refractivity contribution < 1.29 is 9.57 Å². The first-order chi connectivity index (χ1) is 10.2. The van der Waals surface area contributed by atoms with Gasteiger partial charge in [-0.15, -0.1) is 0 Å². The lowest BCUT2D eigenvalue weighted by molar-refractivity contribution is 0.214. The van der Waals surface area contributed by atoms with Crippen molar-refractivity contribution in [2.75, 3.05) is 7.11 Å². The van der Waals surface area contributed by atoms with Gasteiger partial charge in [0.2, 0.25) is 0 Å². The summed E-state index contributed by atoms with van der Waals surface area (Å²) in [6.45, 7) is 0.375. The lowest BCUT2D eigenvalue weighted by atomic mass is 10.1. The summed E-state index contributed by atoms with van der Waals surface area (Å²) in [5.41, 5.74) is 1.75. The van der Waals surface area contributed by atoms with Crippen LogP contribution < -0.4 is 4.74 Å². The van der Waals surface area contributed by atoms with Crippen molar-refractivity contribution in [3.8, 4) is 11.8 Å². The molecule has 0 amide bonds. The van der Waals surface area contributed by atoms with E-state index in [0.29, 0.717) is 22.9 Å². The molecule has 0 spiro atoms. The van der Waals surface area contributed by atoms with Gasteiger partial charge in [0.15, 0.2) is 5.71 Å². The molecule has 0 unspecified atom stereocenters. The van der Waals surface area contributed by atoms with Gasteiger partial charge in [-0.3, -0.25) is 0 Å². The van der Waals surface area contributed by atoms with E-state index in [1.807, 2.05) is 30.3 Å². The topological polar surface area (TPSA) is 54.6 Å². The third-order valence-electron chi connectivity index (χ3n) is 2.74. The number of ether oxygens (including phenoxy) is 1. The molecular formula is C16H13ClN2O2. The van der Waals surface area contributed by atoms with Crippen molar-refractivity contribution in [3.63, 3.8) is 0 Å². The van der Waals surface area contributed by atoms with Crippen LogP contribution in [0.3, 0.4) is 0 Å². The second kappa shape index (κ2) is 7.32. The predicted octanol–water partition coefficient (Wildman–Crippen LogP) is 3.79. The van der Waals surface area contributed by atoms with Crippen molar-refractivity contribution in [2.24, 2.45) is 5.16 Å². The summed E-state index contributed by atoms with van der Waals surface area (Å²) in [6.07, 6.45) is 0. The lowest BCUT2D eigenvalue weighted by Crippen LogP contribution is -2.04. The van der Waals surface area contributed by atoms with Crippen molar-refractivity contribution in [1.82, 2.24) is 0 Å². The van der Waals surface area contributed by atoms with Gasteiger partial charge in [-0.05, 0) is 29.8 Å². The lowest BCUT2D eigenvalue weighted by Gasteiger charge is -2.10. The molecule has 0 fully saturated rings. The third kappa shape index (κ3) is 3.98. The molecule has 2 aromatic carbocycles. The van der Waals surface area contributed by atoms with Crippen LogP contribution in [0.2, 0.25) is 5.02 Å². The minimum absolute atomic E-state index is 0.171. The predicted molar refractivity (Wildman–Crippen MR) is 81.4 cm³/mol. The molecule has 0 saturated heterocycles. The van der Waals surface area contributed by atoms with Crippen LogP contribution in [-0.4, -0.2) is 12.8 Å². The molecule has 2 rings (SSSR count). The van der Waals surface area contributed by atoms with Gasteiger partial charge in [-0.1, -0.05) is 41.0 Å². The SMILES string of the molecule is CO/N=C(/C#N)c1ccccc1OCc1ccc(Cl)cc1. The Bertz CT molecular complexity index is 675. The number of para-hydroxylation sites is 1. The number of hydrogen-bond acceptors (Lipinski definition) is 4. The van der Waals surface area contributed by atoms with Crippen LogP contribution in [0.4, 0.5) is 0 Å². The average molecular weight is 301 g/mol. The van der Waals surface area contributed by atoms with Crippen LogP contribution in [0.15, 0.2) is 53.7 Å². The van der Waals surface area contributed by atoms with E-state index in [2.05, 4.69) is 9.99 Å². The largest absolute Gasteiger partial charge is 0.488 e. The quantitative estimate of drug-likeness (QED) is 0.623. The molecule has 0 heterocycles. The molecule has 21 heavy (non-hydrogen) atoms. The van der Waals surface area contributed by atoms with Gasteiger partial charge < -0.3 is 9.57 Å². The van der Waals surface area contributed by atoms with Crippen molar-refractivity contribution in [2.45, 2.75) is 6.61 Å². The van der Waals surface area contributed by atoms with Gasteiger partial charge in [0, 0.05) is 5.02 Å². The normalized spacial score (nSPS) is 10.8. The number of nitrogens with zero attached hydrogens (tertiary/aromatic N) is 2. The zero-order valence-electron chi connectivity index (χ0n) is 11.4. The monoisotopic (exact) mass is 300 g/mol. The standard InChI is InChI=1S/C16H13ClN2O2/c1-20-19-15(10-18)14-4-2-3-5-16(14)21-11-12-6-8-13(17)9-7-12/h2-9H,11H2,1H3/b19-15-. The highest BCUT2D eigenvalue weighted by molar-refractivity contribution is 6.30. The number of halogens is 1. The second-order valence-corrected chi connectivity index (χ2v) is 4.58. The maximum atomic E-state index is 9.12. The smallest absolute Gasteiger partial charge is 0.190 e. The Morgan fingerprint density at radius 2 is 1.90 bits per heavy atom. The number of benzene rings is 2. The van der Waals surface area contributed by atoms with Gasteiger partial charge >= 0.3 is 0 Å². The minimum atomic E-state index is 0.171. The Labute approximate surface area is 128 Å². The molecule has 4 nitrogen and oxygen atoms in total. The van der Waals surface area contributed by atoms with Crippen LogP contribution >= 0.6 is 11.6 Å². The van der Waals surface area contributed by atoms with Gasteiger partial charge in [-0.2, -0.15) is 5.26 Å². The number of hydrogen-bond donors (Lipinski definition) is 0. The average Bonchev–Trinajstić information content (AvgIpc) is 2.52. The fourth-order valence-corrected chi connectivity index (χ4v) is 1.88. The van der Waals surface area contributed by atoms with E-state index in [1.54, 1.807) is 24.3 Å². The number of nitriles is 1. The van der Waals surface area contributed by atoms with Gasteiger partial charge in [0.25, 0.3) is 0 Å². The fourth-order valence-electron chi connectivity index (χ4n) is 1.75. The van der Waals surface area contributed by atoms with E-state index < -0.39 is 0 Å². The van der Waals surface area contributed by atoms with Crippen molar-refractivity contribution in [3.05, 3.63) is 64.7 Å². The van der Waals surface area contributed by atoms with Crippen LogP contribution in [0, 0.1) is 11.3 Å². The Morgan fingerprint density at radius 1 is 1.19 bits per heavy atom. The molecule has 0 atom stereocenters. The van der Waals surface area contributed by atoms with Crippen LogP contribution in [0.5, 0.6) is 5.75 Å². The molecular weight excluding hydrogens is 288 g/mol. The first-order valence-electron chi connectivity index (χ1n) is 6.22. The summed E-state index contributed by atoms with van der Waals surface area (Å²) in [6, 6.07) is 16.6. The highest BCUT2D eigenvalue weighted by Crippen LogP contribution is 2.21. The van der Waals surface area contributed by atoms with Gasteiger partial charge in [0.1, 0.15) is 25.5 Å². The Kier molecular flexibility index (Phi) is 5.19. The molecule has 0 aromatic heterocycles. The highest BCUT2D eigenvalue weighted by atomic mass is 35.5. The fraction of sp³-hybridized carbons (Fsp3) is 0.125. The van der Waals surface area contributed by atoms with E-state index >= 15 is 0 Å². The van der Waals surface area contributed by atoms with E-state index in [-0.39, 0.29) is 5.71 Å². The van der Waals surface area contributed by atoms with Crippen molar-refractivity contribution in [1.29, 1.82) is 5.26 Å². The van der Waals surface area contributed by atoms with E-state index in [1.165, 1.54) is 7.11 Å². The zero-order valence-corrected chi connectivity index (χ0v) is 12.2. The van der Waals surface area contributed by atoms with E-state index in [4.69, 9.17) is 21.6 Å². The molecule has 0 aliphatic heterocycles. The summed E-state index contributed by atoms with van der Waals surface area (Å²) < 4.78 is 5.76. The molecule has 5 heteroatoms. The number of rotatable bonds is 5. The summed E-state index contributed by atoms with van der Waals surface area (Å²) >= 11 is 5.84. The Hall–Kier alpha value is -2.51. The Balaban J connectivity index is 2.19. The molecule has 0 saturated carbocycles. The van der Waals surface area contributed by atoms with Crippen LogP contribution in [0.25, 0.3) is 0 Å². The Morgan fingerprint density at radius 3 is 2.57 bits per heavy atom. The van der Waals surface area contributed by atoms with Gasteiger partial charge in [0.05, 0.1) is 5.56 Å². The summed E-state index contributed by atoms with van der Waals surface area (Å²) in [7, 11) is 1.40. The highest BCUT2D eigenvalue weighted by Gasteiger charge is 2.10.